The van der Waals surface area contributed by atoms with Crippen molar-refractivity contribution in [3.05, 3.63) is 59.4 Å². The number of halogens is 1. The largest absolute Gasteiger partial charge is 0.332 e. The lowest BCUT2D eigenvalue weighted by Crippen LogP contribution is -2.20. The lowest BCUT2D eigenvalue weighted by molar-refractivity contribution is 0.628. The number of benzene rings is 2. The van der Waals surface area contributed by atoms with E-state index in [9.17, 15) is 4.39 Å². The minimum atomic E-state index is -0.253. The zero-order chi connectivity index (χ0) is 14.7. The van der Waals surface area contributed by atoms with E-state index in [0.29, 0.717) is 5.11 Å². The Kier molecular flexibility index (Phi) is 4.15. The fourth-order valence-electron chi connectivity index (χ4n) is 2.72. The van der Waals surface area contributed by atoms with Gasteiger partial charge in [-0.15, -0.1) is 0 Å². The van der Waals surface area contributed by atoms with Crippen molar-refractivity contribution in [2.24, 2.45) is 0 Å². The summed E-state index contributed by atoms with van der Waals surface area (Å²) in [4.78, 5) is 0. The first-order valence-corrected chi connectivity index (χ1v) is 7.57. The molecule has 0 aromatic heterocycles. The Labute approximate surface area is 129 Å². The number of nitrogens with one attached hydrogen (secondary N) is 2. The first kappa shape index (κ1) is 14.0. The van der Waals surface area contributed by atoms with Crippen LogP contribution in [-0.2, 0) is 12.8 Å². The van der Waals surface area contributed by atoms with Crippen LogP contribution in [0.15, 0.2) is 42.5 Å². The molecule has 0 heterocycles. The van der Waals surface area contributed by atoms with Gasteiger partial charge in [0.1, 0.15) is 5.82 Å². The fourth-order valence-corrected chi connectivity index (χ4v) is 2.94. The maximum atomic E-state index is 12.9. The van der Waals surface area contributed by atoms with Crippen molar-refractivity contribution in [3.63, 3.8) is 0 Å². The molecule has 3 rings (SSSR count). The summed E-state index contributed by atoms with van der Waals surface area (Å²) in [5, 5.41) is 6.87. The molecule has 2 nitrogen and oxygen atoms in total. The molecule has 2 aromatic rings. The summed E-state index contributed by atoms with van der Waals surface area (Å²) in [7, 11) is 0. The van der Waals surface area contributed by atoms with Crippen LogP contribution in [0.5, 0.6) is 0 Å². The fraction of sp³-hybridized carbons (Fsp3) is 0.235. The molecule has 0 amide bonds. The van der Waals surface area contributed by atoms with Gasteiger partial charge in [0.2, 0.25) is 0 Å². The number of hydrogen-bond acceptors (Lipinski definition) is 1. The van der Waals surface area contributed by atoms with Crippen molar-refractivity contribution >= 4 is 28.7 Å². The number of fused-ring (bicyclic) bond motifs is 1. The van der Waals surface area contributed by atoms with Crippen LogP contribution in [0.2, 0.25) is 0 Å². The SMILES string of the molecule is Fc1ccc(NC(=S)Nc2cccc3c2CCCC3)cc1. The van der Waals surface area contributed by atoms with Crippen LogP contribution in [0.25, 0.3) is 0 Å². The molecule has 0 fully saturated rings. The molecule has 0 saturated heterocycles. The molecule has 0 bridgehead atoms. The van der Waals surface area contributed by atoms with Gasteiger partial charge in [-0.25, -0.2) is 4.39 Å². The summed E-state index contributed by atoms with van der Waals surface area (Å²) < 4.78 is 12.9. The van der Waals surface area contributed by atoms with Gasteiger partial charge in [0.25, 0.3) is 0 Å². The molecule has 0 spiro atoms. The average Bonchev–Trinajstić information content (AvgIpc) is 2.50. The molecule has 1 aliphatic rings. The van der Waals surface area contributed by atoms with Gasteiger partial charge in [-0.1, -0.05) is 12.1 Å². The molecule has 4 heteroatoms. The monoisotopic (exact) mass is 300 g/mol. The van der Waals surface area contributed by atoms with Crippen LogP contribution in [-0.4, -0.2) is 5.11 Å². The topological polar surface area (TPSA) is 24.1 Å². The van der Waals surface area contributed by atoms with Gasteiger partial charge in [0.05, 0.1) is 0 Å². The maximum absolute atomic E-state index is 12.9. The van der Waals surface area contributed by atoms with E-state index in [1.807, 2.05) is 0 Å². The van der Waals surface area contributed by atoms with E-state index in [0.717, 1.165) is 24.2 Å². The van der Waals surface area contributed by atoms with Crippen molar-refractivity contribution in [1.29, 1.82) is 0 Å². The zero-order valence-electron chi connectivity index (χ0n) is 11.7. The Balaban J connectivity index is 1.71. The predicted octanol–water partition coefficient (Wildman–Crippen LogP) is 4.51. The highest BCUT2D eigenvalue weighted by Crippen LogP contribution is 2.27. The number of anilines is 2. The molecular weight excluding hydrogens is 283 g/mol. The van der Waals surface area contributed by atoms with E-state index in [1.165, 1.54) is 36.1 Å². The van der Waals surface area contributed by atoms with Crippen molar-refractivity contribution in [3.8, 4) is 0 Å². The van der Waals surface area contributed by atoms with E-state index in [4.69, 9.17) is 12.2 Å². The molecule has 1 aliphatic carbocycles. The molecular formula is C17H17FN2S. The molecule has 0 unspecified atom stereocenters. The third-order valence-electron chi connectivity index (χ3n) is 3.75. The Morgan fingerprint density at radius 3 is 2.52 bits per heavy atom. The Morgan fingerprint density at radius 2 is 1.71 bits per heavy atom. The number of hydrogen-bond donors (Lipinski definition) is 2. The lowest BCUT2D eigenvalue weighted by Gasteiger charge is -2.20. The van der Waals surface area contributed by atoms with Crippen LogP contribution in [0.3, 0.4) is 0 Å². The van der Waals surface area contributed by atoms with Crippen molar-refractivity contribution in [2.45, 2.75) is 25.7 Å². The van der Waals surface area contributed by atoms with Gasteiger partial charge in [-0.05, 0) is 79.4 Å². The quantitative estimate of drug-likeness (QED) is 0.798. The Hall–Kier alpha value is -1.94. The number of rotatable bonds is 2. The summed E-state index contributed by atoms with van der Waals surface area (Å²) in [5.74, 6) is -0.253. The van der Waals surface area contributed by atoms with Crippen molar-refractivity contribution in [2.75, 3.05) is 10.6 Å². The van der Waals surface area contributed by atoms with Crippen molar-refractivity contribution < 1.29 is 4.39 Å². The molecule has 0 radical (unpaired) electrons. The van der Waals surface area contributed by atoms with E-state index in [2.05, 4.69) is 28.8 Å². The normalized spacial score (nSPS) is 13.4. The summed E-state index contributed by atoms with van der Waals surface area (Å²) in [5.41, 5.74) is 4.63. The summed E-state index contributed by atoms with van der Waals surface area (Å²) in [6.45, 7) is 0. The van der Waals surface area contributed by atoms with Crippen LogP contribution >= 0.6 is 12.2 Å². The van der Waals surface area contributed by atoms with Crippen LogP contribution in [0.4, 0.5) is 15.8 Å². The van der Waals surface area contributed by atoms with Crippen molar-refractivity contribution in [1.82, 2.24) is 0 Å². The van der Waals surface area contributed by atoms with Crippen LogP contribution < -0.4 is 10.6 Å². The average molecular weight is 300 g/mol. The second-order valence-electron chi connectivity index (χ2n) is 5.24. The van der Waals surface area contributed by atoms with Crippen LogP contribution in [0.1, 0.15) is 24.0 Å². The van der Waals surface area contributed by atoms with Gasteiger partial charge in [-0.2, -0.15) is 0 Å². The standard InChI is InChI=1S/C17H17FN2S/c18-13-8-10-14(11-9-13)19-17(21)20-16-7-3-5-12-4-1-2-6-15(12)16/h3,5,7-11H,1-2,4,6H2,(H2,19,20,21). The molecule has 108 valence electrons. The second kappa shape index (κ2) is 6.22. The third kappa shape index (κ3) is 3.39. The Morgan fingerprint density at radius 1 is 0.952 bits per heavy atom. The lowest BCUT2D eigenvalue weighted by atomic mass is 9.90. The minimum Gasteiger partial charge on any atom is -0.332 e. The number of thiocarbonyl (C=S) groups is 1. The first-order chi connectivity index (χ1) is 10.2. The molecule has 0 saturated carbocycles. The molecule has 0 aliphatic heterocycles. The molecule has 2 N–H and O–H groups in total. The minimum absolute atomic E-state index is 0.253. The van der Waals surface area contributed by atoms with Crippen LogP contribution in [0, 0.1) is 5.82 Å². The van der Waals surface area contributed by atoms with E-state index >= 15 is 0 Å². The highest BCUT2D eigenvalue weighted by atomic mass is 32.1. The number of aryl methyl sites for hydroxylation is 1. The third-order valence-corrected chi connectivity index (χ3v) is 3.95. The predicted molar refractivity (Wildman–Crippen MR) is 89.3 cm³/mol. The molecule has 2 aromatic carbocycles. The van der Waals surface area contributed by atoms with Gasteiger partial charge >= 0.3 is 0 Å². The second-order valence-corrected chi connectivity index (χ2v) is 5.64. The van der Waals surface area contributed by atoms with Gasteiger partial charge in [-0.3, -0.25) is 0 Å². The Bertz CT molecular complexity index is 652. The van der Waals surface area contributed by atoms with Gasteiger partial charge < -0.3 is 10.6 Å². The maximum Gasteiger partial charge on any atom is 0.175 e. The van der Waals surface area contributed by atoms with Gasteiger partial charge in [0, 0.05) is 11.4 Å². The highest BCUT2D eigenvalue weighted by molar-refractivity contribution is 7.80. The molecule has 0 atom stereocenters. The van der Waals surface area contributed by atoms with E-state index < -0.39 is 0 Å². The van der Waals surface area contributed by atoms with E-state index in [-0.39, 0.29) is 5.82 Å². The smallest absolute Gasteiger partial charge is 0.175 e. The summed E-state index contributed by atoms with van der Waals surface area (Å²) >= 11 is 5.34. The molecule has 21 heavy (non-hydrogen) atoms. The highest BCUT2D eigenvalue weighted by Gasteiger charge is 2.13. The summed E-state index contributed by atoms with van der Waals surface area (Å²) in [6.07, 6.45) is 4.72. The first-order valence-electron chi connectivity index (χ1n) is 7.17. The van der Waals surface area contributed by atoms with E-state index in [1.54, 1.807) is 12.1 Å². The van der Waals surface area contributed by atoms with Gasteiger partial charge in [0.15, 0.2) is 5.11 Å². The summed E-state index contributed by atoms with van der Waals surface area (Å²) in [6, 6.07) is 12.5. The zero-order valence-corrected chi connectivity index (χ0v) is 12.5.